The van der Waals surface area contributed by atoms with Crippen molar-refractivity contribution in [3.05, 3.63) is 0 Å². The molecule has 0 bridgehead atoms. The second-order valence-corrected chi connectivity index (χ2v) is 2.35. The monoisotopic (exact) mass is 192 g/mol. The van der Waals surface area contributed by atoms with Gasteiger partial charge in [-0.2, -0.15) is 0 Å². The average Bonchev–Trinajstić information content (AvgIpc) is 2.01. The molecule has 0 rings (SSSR count). The standard InChI is InChI=1S/C6H12N2O5/c9-3-4(8-6(12)13)1-2-7-5(10)11/h4,7-9H,1-3H2,(H,10,11)(H,12,13). The number of aliphatic hydroxyl groups is 1. The van der Waals surface area contributed by atoms with Gasteiger partial charge in [-0.3, -0.25) is 0 Å². The maximum atomic E-state index is 10.1. The fourth-order valence-corrected chi connectivity index (χ4v) is 0.737. The highest BCUT2D eigenvalue weighted by Crippen LogP contribution is 1.88. The Bertz CT molecular complexity index is 184. The fourth-order valence-electron chi connectivity index (χ4n) is 0.737. The van der Waals surface area contributed by atoms with Gasteiger partial charge >= 0.3 is 12.2 Å². The van der Waals surface area contributed by atoms with E-state index in [1.54, 1.807) is 0 Å². The minimum atomic E-state index is -1.24. The number of hydrogen-bond donors (Lipinski definition) is 5. The summed E-state index contributed by atoms with van der Waals surface area (Å²) in [5.74, 6) is 0. The van der Waals surface area contributed by atoms with Crippen molar-refractivity contribution in [3.8, 4) is 0 Å². The summed E-state index contributed by atoms with van der Waals surface area (Å²) >= 11 is 0. The van der Waals surface area contributed by atoms with Gasteiger partial charge in [0.05, 0.1) is 12.6 Å². The molecular weight excluding hydrogens is 180 g/mol. The van der Waals surface area contributed by atoms with Gasteiger partial charge in [0.15, 0.2) is 0 Å². The van der Waals surface area contributed by atoms with E-state index in [1.807, 2.05) is 5.32 Å². The Morgan fingerprint density at radius 2 is 1.85 bits per heavy atom. The summed E-state index contributed by atoms with van der Waals surface area (Å²) in [6.07, 6.45) is -2.20. The molecule has 1 atom stereocenters. The summed E-state index contributed by atoms with van der Waals surface area (Å²) in [4.78, 5) is 20.1. The Kier molecular flexibility index (Phi) is 5.37. The van der Waals surface area contributed by atoms with Crippen LogP contribution in [0.15, 0.2) is 0 Å². The Balaban J connectivity index is 3.59. The molecule has 76 valence electrons. The molecule has 0 aliphatic heterocycles. The van der Waals surface area contributed by atoms with Crippen molar-refractivity contribution >= 4 is 12.2 Å². The van der Waals surface area contributed by atoms with Crippen molar-refractivity contribution in [2.24, 2.45) is 0 Å². The van der Waals surface area contributed by atoms with Crippen molar-refractivity contribution in [3.63, 3.8) is 0 Å². The Morgan fingerprint density at radius 3 is 2.23 bits per heavy atom. The molecule has 0 fully saturated rings. The molecule has 7 heteroatoms. The SMILES string of the molecule is O=C(O)NCCC(CO)NC(=O)O. The largest absolute Gasteiger partial charge is 0.465 e. The number of carbonyl (C=O) groups is 2. The minimum Gasteiger partial charge on any atom is -0.465 e. The first-order valence-electron chi connectivity index (χ1n) is 3.63. The lowest BCUT2D eigenvalue weighted by Gasteiger charge is -2.13. The minimum absolute atomic E-state index is 0.0981. The third-order valence-corrected chi connectivity index (χ3v) is 1.32. The first-order valence-corrected chi connectivity index (χ1v) is 3.63. The van der Waals surface area contributed by atoms with Crippen LogP contribution < -0.4 is 10.6 Å². The predicted molar refractivity (Wildman–Crippen MR) is 42.7 cm³/mol. The summed E-state index contributed by atoms with van der Waals surface area (Å²) in [5, 5.41) is 29.2. The normalized spacial score (nSPS) is 11.8. The number of aliphatic hydroxyl groups excluding tert-OH is 1. The lowest BCUT2D eigenvalue weighted by Crippen LogP contribution is -2.39. The summed E-state index contributed by atoms with van der Waals surface area (Å²) in [6, 6.07) is -0.635. The zero-order chi connectivity index (χ0) is 10.3. The number of carboxylic acid groups (broad SMARTS) is 2. The average molecular weight is 192 g/mol. The summed E-state index contributed by atoms with van der Waals surface area (Å²) in [7, 11) is 0. The molecule has 0 aromatic carbocycles. The molecule has 0 heterocycles. The van der Waals surface area contributed by atoms with E-state index in [0.29, 0.717) is 0 Å². The highest BCUT2D eigenvalue weighted by Gasteiger charge is 2.09. The molecule has 13 heavy (non-hydrogen) atoms. The van der Waals surface area contributed by atoms with Crippen LogP contribution in [0, 0.1) is 0 Å². The van der Waals surface area contributed by atoms with Crippen molar-refractivity contribution in [1.29, 1.82) is 0 Å². The number of hydrogen-bond acceptors (Lipinski definition) is 3. The topological polar surface area (TPSA) is 119 Å². The molecule has 0 aromatic rings. The van der Waals surface area contributed by atoms with Crippen molar-refractivity contribution in [2.75, 3.05) is 13.2 Å². The van der Waals surface area contributed by atoms with Crippen LogP contribution >= 0.6 is 0 Å². The molecule has 0 saturated heterocycles. The maximum Gasteiger partial charge on any atom is 0.404 e. The van der Waals surface area contributed by atoms with Gasteiger partial charge in [0, 0.05) is 6.54 Å². The maximum absolute atomic E-state index is 10.1. The van der Waals surface area contributed by atoms with Crippen LogP contribution in [0.1, 0.15) is 6.42 Å². The third kappa shape index (κ3) is 6.88. The van der Waals surface area contributed by atoms with Gasteiger partial charge in [-0.05, 0) is 6.42 Å². The van der Waals surface area contributed by atoms with E-state index in [2.05, 4.69) is 5.32 Å². The number of rotatable bonds is 5. The zero-order valence-corrected chi connectivity index (χ0v) is 6.86. The molecule has 0 spiro atoms. The highest BCUT2D eigenvalue weighted by molar-refractivity contribution is 5.65. The van der Waals surface area contributed by atoms with Gasteiger partial charge < -0.3 is 26.0 Å². The molecule has 7 nitrogen and oxygen atoms in total. The fraction of sp³-hybridized carbons (Fsp3) is 0.667. The second kappa shape index (κ2) is 6.06. The van der Waals surface area contributed by atoms with Gasteiger partial charge in [-0.15, -0.1) is 0 Å². The Labute approximate surface area is 74.4 Å². The lowest BCUT2D eigenvalue weighted by molar-refractivity contribution is 0.174. The van der Waals surface area contributed by atoms with Crippen molar-refractivity contribution in [2.45, 2.75) is 12.5 Å². The van der Waals surface area contributed by atoms with Crippen LogP contribution in [0.3, 0.4) is 0 Å². The molecular formula is C6H12N2O5. The number of nitrogens with one attached hydrogen (secondary N) is 2. The molecule has 0 saturated carbocycles. The molecule has 0 aliphatic rings. The molecule has 5 N–H and O–H groups in total. The van der Waals surface area contributed by atoms with E-state index in [4.69, 9.17) is 15.3 Å². The van der Waals surface area contributed by atoms with Gasteiger partial charge in [0.2, 0.25) is 0 Å². The van der Waals surface area contributed by atoms with E-state index in [0.717, 1.165) is 0 Å². The zero-order valence-electron chi connectivity index (χ0n) is 6.86. The van der Waals surface area contributed by atoms with E-state index >= 15 is 0 Å². The molecule has 0 aromatic heterocycles. The molecule has 2 amide bonds. The number of amides is 2. The van der Waals surface area contributed by atoms with Crippen LogP contribution in [-0.4, -0.2) is 46.7 Å². The highest BCUT2D eigenvalue weighted by atomic mass is 16.4. The van der Waals surface area contributed by atoms with Crippen molar-refractivity contribution < 1.29 is 24.9 Å². The third-order valence-electron chi connectivity index (χ3n) is 1.32. The van der Waals surface area contributed by atoms with Crippen LogP contribution in [-0.2, 0) is 0 Å². The van der Waals surface area contributed by atoms with Gasteiger partial charge in [-0.1, -0.05) is 0 Å². The van der Waals surface area contributed by atoms with E-state index in [1.165, 1.54) is 0 Å². The van der Waals surface area contributed by atoms with E-state index < -0.39 is 18.2 Å². The predicted octanol–water partition coefficient (Wildman–Crippen LogP) is -0.727. The smallest absolute Gasteiger partial charge is 0.404 e. The van der Waals surface area contributed by atoms with Crippen LogP contribution in [0.2, 0.25) is 0 Å². The Hall–Kier alpha value is -1.50. The summed E-state index contributed by atoms with van der Waals surface area (Å²) in [6.45, 7) is -0.256. The van der Waals surface area contributed by atoms with E-state index in [-0.39, 0.29) is 19.6 Å². The first kappa shape index (κ1) is 11.5. The van der Waals surface area contributed by atoms with Gasteiger partial charge in [-0.25, -0.2) is 9.59 Å². The van der Waals surface area contributed by atoms with Crippen LogP contribution in [0.25, 0.3) is 0 Å². The first-order chi connectivity index (χ1) is 6.06. The second-order valence-electron chi connectivity index (χ2n) is 2.35. The summed E-state index contributed by atoms with van der Waals surface area (Å²) < 4.78 is 0. The molecule has 0 aliphatic carbocycles. The summed E-state index contributed by atoms with van der Waals surface area (Å²) in [5.41, 5.74) is 0. The molecule has 0 radical (unpaired) electrons. The lowest BCUT2D eigenvalue weighted by atomic mass is 10.2. The van der Waals surface area contributed by atoms with Crippen molar-refractivity contribution in [1.82, 2.24) is 10.6 Å². The van der Waals surface area contributed by atoms with E-state index in [9.17, 15) is 9.59 Å². The van der Waals surface area contributed by atoms with Gasteiger partial charge in [0.1, 0.15) is 0 Å². The van der Waals surface area contributed by atoms with Crippen LogP contribution in [0.5, 0.6) is 0 Å². The quantitative estimate of drug-likeness (QED) is 0.393. The van der Waals surface area contributed by atoms with Crippen LogP contribution in [0.4, 0.5) is 9.59 Å². The van der Waals surface area contributed by atoms with Gasteiger partial charge in [0.25, 0.3) is 0 Å². The Morgan fingerprint density at radius 1 is 1.23 bits per heavy atom. The molecule has 1 unspecified atom stereocenters.